The van der Waals surface area contributed by atoms with Crippen LogP contribution in [-0.2, 0) is 9.47 Å². The second-order valence-corrected chi connectivity index (χ2v) is 11.1. The molecule has 6 rings (SSSR count). The van der Waals surface area contributed by atoms with Gasteiger partial charge in [-0.25, -0.2) is 0 Å². The van der Waals surface area contributed by atoms with Gasteiger partial charge >= 0.3 is 0 Å². The molecule has 5 aliphatic carbocycles. The summed E-state index contributed by atoms with van der Waals surface area (Å²) in [6.07, 6.45) is 19.0. The third-order valence-corrected chi connectivity index (χ3v) is 10.1. The molecule has 0 amide bonds. The topological polar surface area (TPSA) is 38.7 Å². The number of hydrogen-bond donors (Lipinski definition) is 1. The quantitative estimate of drug-likeness (QED) is 0.706. The lowest BCUT2D eigenvalue weighted by atomic mass is 9.52. The first-order valence-corrected chi connectivity index (χ1v) is 11.7. The Morgan fingerprint density at radius 3 is 2.81 bits per heavy atom. The minimum atomic E-state index is -0.0598. The van der Waals surface area contributed by atoms with Crippen LogP contribution >= 0.6 is 0 Å². The molecule has 3 heteroatoms. The van der Waals surface area contributed by atoms with Crippen LogP contribution in [0.25, 0.3) is 0 Å². The van der Waals surface area contributed by atoms with Crippen LogP contribution in [0.3, 0.4) is 0 Å². The van der Waals surface area contributed by atoms with Crippen molar-refractivity contribution < 1.29 is 14.6 Å². The molecule has 0 radical (unpaired) electrons. The third kappa shape index (κ3) is 2.31. The van der Waals surface area contributed by atoms with E-state index in [0.29, 0.717) is 22.3 Å². The van der Waals surface area contributed by atoms with Crippen molar-refractivity contribution in [1.82, 2.24) is 0 Å². The van der Waals surface area contributed by atoms with Crippen molar-refractivity contribution in [2.45, 2.75) is 96.1 Å². The fraction of sp³-hybridized carbons (Fsp3) is 0.917. The van der Waals surface area contributed by atoms with Crippen molar-refractivity contribution >= 4 is 0 Å². The Kier molecular flexibility index (Phi) is 3.77. The molecule has 6 aliphatic rings. The van der Waals surface area contributed by atoms with Gasteiger partial charge in [0.1, 0.15) is 0 Å². The molecule has 0 aromatic rings. The second-order valence-electron chi connectivity index (χ2n) is 11.1. The van der Waals surface area contributed by atoms with Crippen LogP contribution in [0.2, 0.25) is 0 Å². The Hall–Kier alpha value is -0.380. The third-order valence-electron chi connectivity index (χ3n) is 10.1. The van der Waals surface area contributed by atoms with Gasteiger partial charge in [-0.05, 0) is 105 Å². The SMILES string of the molecule is C[C@]12CC[C@H]3[C@@H](C=C[C@@]45C[C@@H](O)CC[C@]34C5)[C@@H]1CC[C@H]2O[C@H]1CCCCO1. The van der Waals surface area contributed by atoms with Crippen LogP contribution in [0.5, 0.6) is 0 Å². The van der Waals surface area contributed by atoms with Crippen LogP contribution in [0.15, 0.2) is 12.2 Å². The minimum absolute atomic E-state index is 0.0495. The highest BCUT2D eigenvalue weighted by Gasteiger charge is 2.74. The highest BCUT2D eigenvalue weighted by molar-refractivity contribution is 5.33. The van der Waals surface area contributed by atoms with E-state index in [0.717, 1.165) is 43.6 Å². The number of allylic oxidation sites excluding steroid dienone is 2. The van der Waals surface area contributed by atoms with Crippen LogP contribution in [0.1, 0.15) is 77.6 Å². The number of rotatable bonds is 2. The lowest BCUT2D eigenvalue weighted by Gasteiger charge is -2.53. The summed E-state index contributed by atoms with van der Waals surface area (Å²) < 4.78 is 12.5. The van der Waals surface area contributed by atoms with Gasteiger partial charge in [0.15, 0.2) is 6.29 Å². The van der Waals surface area contributed by atoms with E-state index in [1.165, 1.54) is 51.4 Å². The first kappa shape index (κ1) is 17.5. The van der Waals surface area contributed by atoms with Crippen molar-refractivity contribution in [3.8, 4) is 0 Å². The lowest BCUT2D eigenvalue weighted by molar-refractivity contribution is -0.214. The highest BCUT2D eigenvalue weighted by atomic mass is 16.7. The Labute approximate surface area is 163 Å². The molecule has 0 unspecified atom stereocenters. The molecule has 150 valence electrons. The number of aliphatic hydroxyl groups is 1. The van der Waals surface area contributed by atoms with Crippen molar-refractivity contribution in [3.05, 3.63) is 12.2 Å². The van der Waals surface area contributed by atoms with Crippen molar-refractivity contribution in [1.29, 1.82) is 0 Å². The van der Waals surface area contributed by atoms with Gasteiger partial charge in [0, 0.05) is 6.61 Å². The summed E-state index contributed by atoms with van der Waals surface area (Å²) in [5.41, 5.74) is 1.23. The van der Waals surface area contributed by atoms with Crippen molar-refractivity contribution in [2.24, 2.45) is 34.0 Å². The predicted octanol–water partition coefficient (Wildman–Crippen LogP) is 4.83. The van der Waals surface area contributed by atoms with E-state index < -0.39 is 0 Å². The summed E-state index contributed by atoms with van der Waals surface area (Å²) in [6, 6.07) is 0. The first-order chi connectivity index (χ1) is 13.1. The molecule has 4 saturated carbocycles. The molecule has 5 fully saturated rings. The molecule has 0 spiro atoms. The minimum Gasteiger partial charge on any atom is -0.393 e. The monoisotopic (exact) mass is 372 g/mol. The van der Waals surface area contributed by atoms with Crippen LogP contribution in [0.4, 0.5) is 0 Å². The summed E-state index contributed by atoms with van der Waals surface area (Å²) in [4.78, 5) is 0. The molecule has 3 nitrogen and oxygen atoms in total. The number of fused-ring (bicyclic) bond motifs is 3. The van der Waals surface area contributed by atoms with Crippen molar-refractivity contribution in [2.75, 3.05) is 6.61 Å². The zero-order valence-electron chi connectivity index (χ0n) is 16.9. The Morgan fingerprint density at radius 1 is 1.04 bits per heavy atom. The van der Waals surface area contributed by atoms with Crippen molar-refractivity contribution in [3.63, 3.8) is 0 Å². The van der Waals surface area contributed by atoms with E-state index in [2.05, 4.69) is 19.1 Å². The maximum absolute atomic E-state index is 10.3. The molecule has 9 atom stereocenters. The van der Waals surface area contributed by atoms with Gasteiger partial charge in [0.2, 0.25) is 0 Å². The van der Waals surface area contributed by atoms with E-state index >= 15 is 0 Å². The Balaban J connectivity index is 1.24. The Bertz CT molecular complexity index is 640. The summed E-state index contributed by atoms with van der Waals surface area (Å²) in [6.45, 7) is 3.40. The normalized spacial score (nSPS) is 58.7. The smallest absolute Gasteiger partial charge is 0.157 e. The summed E-state index contributed by atoms with van der Waals surface area (Å²) in [5, 5.41) is 10.3. The summed E-state index contributed by atoms with van der Waals surface area (Å²) in [5.74, 6) is 2.38. The van der Waals surface area contributed by atoms with E-state index in [4.69, 9.17) is 9.47 Å². The zero-order chi connectivity index (χ0) is 18.3. The van der Waals surface area contributed by atoms with E-state index in [9.17, 15) is 5.11 Å². The maximum Gasteiger partial charge on any atom is 0.157 e. The van der Waals surface area contributed by atoms with Gasteiger partial charge in [-0.3, -0.25) is 0 Å². The van der Waals surface area contributed by atoms with Gasteiger partial charge in [0.05, 0.1) is 12.2 Å². The number of hydrogen-bond acceptors (Lipinski definition) is 3. The van der Waals surface area contributed by atoms with E-state index in [-0.39, 0.29) is 12.4 Å². The summed E-state index contributed by atoms with van der Waals surface area (Å²) >= 11 is 0. The first-order valence-electron chi connectivity index (χ1n) is 11.7. The standard InChI is InChI=1S/C24H36O3/c1-22-10-9-19-17(8-11-23-14-16(25)7-12-24(19,23)15-23)18(22)5-6-20(22)27-21-4-2-3-13-26-21/h8,11,16-21,25H,2-7,9-10,12-15H2,1H3/t16-,17-,18-,19-,20+,21-,22-,23-,24-/m0/s1. The Morgan fingerprint density at radius 2 is 1.96 bits per heavy atom. The van der Waals surface area contributed by atoms with Gasteiger partial charge < -0.3 is 14.6 Å². The van der Waals surface area contributed by atoms with Gasteiger partial charge in [-0.1, -0.05) is 19.1 Å². The second kappa shape index (κ2) is 5.83. The molecular formula is C24H36O3. The average Bonchev–Trinajstić information content (AvgIpc) is 3.25. The van der Waals surface area contributed by atoms with Crippen LogP contribution in [0, 0.1) is 34.0 Å². The zero-order valence-corrected chi connectivity index (χ0v) is 16.9. The molecule has 1 saturated heterocycles. The fourth-order valence-electron chi connectivity index (χ4n) is 8.64. The average molecular weight is 373 g/mol. The number of aliphatic hydroxyl groups excluding tert-OH is 1. The fourth-order valence-corrected chi connectivity index (χ4v) is 8.64. The summed E-state index contributed by atoms with van der Waals surface area (Å²) in [7, 11) is 0. The van der Waals surface area contributed by atoms with E-state index in [1.54, 1.807) is 0 Å². The molecule has 1 heterocycles. The van der Waals surface area contributed by atoms with Gasteiger partial charge in [-0.2, -0.15) is 0 Å². The van der Waals surface area contributed by atoms with Crippen LogP contribution < -0.4 is 0 Å². The van der Waals surface area contributed by atoms with Gasteiger partial charge in [-0.15, -0.1) is 0 Å². The van der Waals surface area contributed by atoms with E-state index in [1.807, 2.05) is 0 Å². The molecule has 1 aliphatic heterocycles. The number of ether oxygens (including phenoxy) is 2. The molecule has 1 N–H and O–H groups in total. The highest BCUT2D eigenvalue weighted by Crippen LogP contribution is 2.81. The maximum atomic E-state index is 10.3. The largest absolute Gasteiger partial charge is 0.393 e. The molecule has 0 aromatic carbocycles. The molecule has 0 bridgehead atoms. The molecule has 27 heavy (non-hydrogen) atoms. The lowest BCUT2D eigenvalue weighted by Crippen LogP contribution is -2.49. The predicted molar refractivity (Wildman–Crippen MR) is 104 cm³/mol. The molecule has 0 aromatic heterocycles. The van der Waals surface area contributed by atoms with Gasteiger partial charge in [0.25, 0.3) is 0 Å². The van der Waals surface area contributed by atoms with Crippen LogP contribution in [-0.4, -0.2) is 30.2 Å². The molecular weight excluding hydrogens is 336 g/mol.